The zero-order valence-electron chi connectivity index (χ0n) is 15.4. The van der Waals surface area contributed by atoms with Gasteiger partial charge in [-0.3, -0.25) is 4.79 Å². The minimum Gasteiger partial charge on any atom is -0.390 e. The van der Waals surface area contributed by atoms with Gasteiger partial charge < -0.3 is 15.3 Å². The first-order valence-corrected chi connectivity index (χ1v) is 9.87. The molecule has 0 unspecified atom stereocenters. The number of rotatable bonds is 4. The largest absolute Gasteiger partial charge is 0.390 e. The molecule has 5 nitrogen and oxygen atoms in total. The van der Waals surface area contributed by atoms with E-state index in [1.165, 1.54) is 11.1 Å². The fourth-order valence-corrected chi connectivity index (χ4v) is 4.34. The van der Waals surface area contributed by atoms with E-state index in [4.69, 9.17) is 11.6 Å². The summed E-state index contributed by atoms with van der Waals surface area (Å²) < 4.78 is 0. The number of carbonyl (C=O) groups is 1. The number of β-amino-alcohol motifs (C(OH)–C–C–N with tert-alkyl or cyclic N) is 1. The van der Waals surface area contributed by atoms with Crippen molar-refractivity contribution in [3.8, 4) is 0 Å². The maximum atomic E-state index is 13.0. The number of nitrogens with zero attached hydrogens (tertiary/aromatic N) is 2. The summed E-state index contributed by atoms with van der Waals surface area (Å²) in [4.78, 5) is 18.9. The number of hydrogen-bond acceptors (Lipinski definition) is 4. The molecule has 1 amide bonds. The van der Waals surface area contributed by atoms with Crippen LogP contribution in [0.1, 0.15) is 46.3 Å². The highest BCUT2D eigenvalue weighted by atomic mass is 35.5. The maximum Gasteiger partial charge on any atom is 0.254 e. The third kappa shape index (κ3) is 3.59. The topological polar surface area (TPSA) is 65.5 Å². The minimum atomic E-state index is -0.626. The predicted octanol–water partition coefficient (Wildman–Crippen LogP) is 2.76. The molecule has 2 N–H and O–H groups in total. The Morgan fingerprint density at radius 3 is 2.93 bits per heavy atom. The van der Waals surface area contributed by atoms with Gasteiger partial charge in [0, 0.05) is 43.4 Å². The van der Waals surface area contributed by atoms with Gasteiger partial charge in [-0.1, -0.05) is 42.8 Å². The first kappa shape index (κ1) is 18.4. The van der Waals surface area contributed by atoms with Crippen molar-refractivity contribution < 1.29 is 9.90 Å². The predicted molar refractivity (Wildman–Crippen MR) is 105 cm³/mol. The molecule has 0 saturated carbocycles. The van der Waals surface area contributed by atoms with Gasteiger partial charge >= 0.3 is 0 Å². The number of benzene rings is 1. The molecule has 0 fully saturated rings. The van der Waals surface area contributed by atoms with E-state index < -0.39 is 6.10 Å². The average Bonchev–Trinajstić information content (AvgIpc) is 2.69. The molecule has 0 radical (unpaired) electrons. The number of aromatic nitrogens is 1. The van der Waals surface area contributed by atoms with E-state index in [0.29, 0.717) is 23.8 Å². The van der Waals surface area contributed by atoms with Crippen LogP contribution in [0, 0.1) is 0 Å². The Hall–Kier alpha value is -1.95. The summed E-state index contributed by atoms with van der Waals surface area (Å²) in [6, 6.07) is 9.87. The summed E-state index contributed by atoms with van der Waals surface area (Å²) in [7, 11) is 0. The molecule has 1 aromatic heterocycles. The Kier molecular flexibility index (Phi) is 5.17. The van der Waals surface area contributed by atoms with E-state index in [9.17, 15) is 9.90 Å². The molecule has 2 aliphatic heterocycles. The van der Waals surface area contributed by atoms with Crippen molar-refractivity contribution in [3.63, 3.8) is 0 Å². The first-order valence-electron chi connectivity index (χ1n) is 9.49. The summed E-state index contributed by atoms with van der Waals surface area (Å²) in [5, 5.41) is 14.6. The van der Waals surface area contributed by atoms with E-state index in [1.54, 1.807) is 17.2 Å². The number of aliphatic hydroxyl groups is 1. The fraction of sp³-hybridized carbons (Fsp3) is 0.429. The Labute approximate surface area is 164 Å². The van der Waals surface area contributed by atoms with E-state index >= 15 is 0 Å². The Morgan fingerprint density at radius 1 is 1.37 bits per heavy atom. The van der Waals surface area contributed by atoms with Crippen molar-refractivity contribution in [1.82, 2.24) is 15.2 Å². The molecule has 2 aromatic rings. The highest BCUT2D eigenvalue weighted by Gasteiger charge is 2.34. The van der Waals surface area contributed by atoms with Gasteiger partial charge in [0.2, 0.25) is 0 Å². The number of carbonyl (C=O) groups excluding carboxylic acids is 1. The van der Waals surface area contributed by atoms with Crippen LogP contribution in [0.3, 0.4) is 0 Å². The van der Waals surface area contributed by atoms with Gasteiger partial charge in [0.1, 0.15) is 5.15 Å². The number of fused-ring (bicyclic) bond motifs is 2. The van der Waals surface area contributed by atoms with Crippen LogP contribution < -0.4 is 5.32 Å². The van der Waals surface area contributed by atoms with Crippen molar-refractivity contribution >= 4 is 17.5 Å². The van der Waals surface area contributed by atoms with Crippen LogP contribution in [-0.4, -0.2) is 46.1 Å². The Morgan fingerprint density at radius 2 is 2.15 bits per heavy atom. The number of pyridine rings is 1. The van der Waals surface area contributed by atoms with Gasteiger partial charge in [0.25, 0.3) is 5.91 Å². The summed E-state index contributed by atoms with van der Waals surface area (Å²) in [6.07, 6.45) is 2.77. The molecular weight excluding hydrogens is 362 g/mol. The molecule has 27 heavy (non-hydrogen) atoms. The Bertz CT molecular complexity index is 857. The van der Waals surface area contributed by atoms with Crippen molar-refractivity contribution in [1.29, 1.82) is 0 Å². The summed E-state index contributed by atoms with van der Waals surface area (Å²) >= 11 is 6.01. The maximum absolute atomic E-state index is 13.0. The third-order valence-electron chi connectivity index (χ3n) is 5.78. The molecule has 0 spiro atoms. The second-order valence-electron chi connectivity index (χ2n) is 7.44. The smallest absolute Gasteiger partial charge is 0.254 e. The van der Waals surface area contributed by atoms with Gasteiger partial charge in [-0.15, -0.1) is 0 Å². The molecule has 2 aliphatic rings. The molecule has 3 heterocycles. The molecule has 1 aromatic carbocycles. The standard InChI is InChI=1S/C21H24ClN3O2/c1-2-13-11-25(21(27)16-8-20(22)24-10-17(13)16)12-19(26)18-7-14-5-3-4-6-15(14)9-23-18/h3-6,8,10,13,18-19,23,26H,2,7,9,11-12H2,1H3/t13-,18+,19-/m1/s1. The van der Waals surface area contributed by atoms with E-state index in [-0.39, 0.29) is 17.9 Å². The van der Waals surface area contributed by atoms with Gasteiger partial charge in [-0.2, -0.15) is 0 Å². The van der Waals surface area contributed by atoms with Crippen LogP contribution in [0.2, 0.25) is 5.15 Å². The van der Waals surface area contributed by atoms with Crippen molar-refractivity contribution in [2.75, 3.05) is 13.1 Å². The molecule has 3 atom stereocenters. The van der Waals surface area contributed by atoms with E-state index in [2.05, 4.69) is 29.4 Å². The van der Waals surface area contributed by atoms with Crippen molar-refractivity contribution in [3.05, 3.63) is 63.9 Å². The van der Waals surface area contributed by atoms with Crippen LogP contribution in [-0.2, 0) is 13.0 Å². The number of amides is 1. The third-order valence-corrected chi connectivity index (χ3v) is 5.98. The molecular formula is C21H24ClN3O2. The fourth-order valence-electron chi connectivity index (χ4n) is 4.18. The van der Waals surface area contributed by atoms with Crippen LogP contribution in [0.15, 0.2) is 36.5 Å². The van der Waals surface area contributed by atoms with E-state index in [0.717, 1.165) is 24.9 Å². The van der Waals surface area contributed by atoms with Gasteiger partial charge in [0.15, 0.2) is 0 Å². The molecule has 0 saturated heterocycles. The number of halogens is 1. The summed E-state index contributed by atoms with van der Waals surface area (Å²) in [6.45, 7) is 3.77. The normalized spacial score (nSPS) is 22.9. The van der Waals surface area contributed by atoms with Crippen LogP contribution >= 0.6 is 11.6 Å². The molecule has 0 bridgehead atoms. The molecule has 0 aliphatic carbocycles. The number of aliphatic hydroxyl groups excluding tert-OH is 1. The van der Waals surface area contributed by atoms with Gasteiger partial charge in [0.05, 0.1) is 6.10 Å². The summed E-state index contributed by atoms with van der Waals surface area (Å²) in [5.41, 5.74) is 4.11. The van der Waals surface area contributed by atoms with Crippen LogP contribution in [0.4, 0.5) is 0 Å². The minimum absolute atomic E-state index is 0.0600. The van der Waals surface area contributed by atoms with Gasteiger partial charge in [-0.05, 0) is 35.6 Å². The highest BCUT2D eigenvalue weighted by molar-refractivity contribution is 6.29. The first-order chi connectivity index (χ1) is 13.1. The zero-order valence-corrected chi connectivity index (χ0v) is 16.1. The zero-order chi connectivity index (χ0) is 19.0. The number of hydrogen-bond donors (Lipinski definition) is 2. The highest BCUT2D eigenvalue weighted by Crippen LogP contribution is 2.31. The van der Waals surface area contributed by atoms with E-state index in [1.807, 2.05) is 12.1 Å². The summed E-state index contributed by atoms with van der Waals surface area (Å²) in [5.74, 6) is 0.143. The lowest BCUT2D eigenvalue weighted by Gasteiger charge is -2.37. The lowest BCUT2D eigenvalue weighted by molar-refractivity contribution is 0.0484. The molecule has 6 heteroatoms. The number of nitrogens with one attached hydrogen (secondary N) is 1. The SMILES string of the molecule is CC[C@@H]1CN(C[C@@H](O)[C@@H]2Cc3ccccc3CN2)C(=O)c2cc(Cl)ncc21. The Balaban J connectivity index is 1.50. The lowest BCUT2D eigenvalue weighted by Crippen LogP contribution is -2.52. The monoisotopic (exact) mass is 385 g/mol. The van der Waals surface area contributed by atoms with Gasteiger partial charge in [-0.25, -0.2) is 4.98 Å². The van der Waals surface area contributed by atoms with Crippen LogP contribution in [0.5, 0.6) is 0 Å². The quantitative estimate of drug-likeness (QED) is 0.794. The molecule has 4 rings (SSSR count). The van der Waals surface area contributed by atoms with Crippen molar-refractivity contribution in [2.24, 2.45) is 0 Å². The average molecular weight is 386 g/mol. The van der Waals surface area contributed by atoms with Crippen LogP contribution in [0.25, 0.3) is 0 Å². The second kappa shape index (κ2) is 7.58. The van der Waals surface area contributed by atoms with Crippen molar-refractivity contribution in [2.45, 2.75) is 44.4 Å². The lowest BCUT2D eigenvalue weighted by atomic mass is 9.88. The second-order valence-corrected chi connectivity index (χ2v) is 7.82. The molecule has 142 valence electrons.